The summed E-state index contributed by atoms with van der Waals surface area (Å²) in [7, 11) is 1.78. The summed E-state index contributed by atoms with van der Waals surface area (Å²) in [6.07, 6.45) is 6.27. The van der Waals surface area contributed by atoms with E-state index in [4.69, 9.17) is 9.97 Å². The van der Waals surface area contributed by atoms with Crippen molar-refractivity contribution < 1.29 is 0 Å². The van der Waals surface area contributed by atoms with Gasteiger partial charge in [-0.05, 0) is 49.3 Å². The fourth-order valence-electron chi connectivity index (χ4n) is 3.81. The molecule has 2 aliphatic rings. The molecule has 0 N–H and O–H groups in total. The second kappa shape index (κ2) is 5.41. The highest BCUT2D eigenvalue weighted by molar-refractivity contribution is 5.86. The summed E-state index contributed by atoms with van der Waals surface area (Å²) in [5.74, 6) is 0.867. The molecule has 25 heavy (non-hydrogen) atoms. The van der Waals surface area contributed by atoms with Crippen LogP contribution < -0.4 is 10.5 Å². The Kier molecular flexibility index (Phi) is 3.17. The predicted molar refractivity (Wildman–Crippen MR) is 99.1 cm³/mol. The van der Waals surface area contributed by atoms with Gasteiger partial charge in [0.05, 0.1) is 5.69 Å². The Morgan fingerprint density at radius 3 is 2.72 bits per heavy atom. The van der Waals surface area contributed by atoms with Gasteiger partial charge in [-0.1, -0.05) is 6.07 Å². The number of nitrogens with zero attached hydrogens (tertiary/aromatic N) is 4. The average molecular weight is 332 g/mol. The van der Waals surface area contributed by atoms with E-state index in [1.54, 1.807) is 11.6 Å². The molecule has 3 heterocycles. The molecule has 2 aromatic heterocycles. The van der Waals surface area contributed by atoms with Crippen LogP contribution in [0.2, 0.25) is 0 Å². The number of rotatable bonds is 2. The zero-order chi connectivity index (χ0) is 17.0. The van der Waals surface area contributed by atoms with Crippen molar-refractivity contribution in [3.8, 4) is 11.3 Å². The third-order valence-electron chi connectivity index (χ3n) is 5.41. The molecule has 0 unspecified atom stereocenters. The lowest BCUT2D eigenvalue weighted by Crippen LogP contribution is -2.38. The Hall–Kier alpha value is -2.69. The minimum Gasteiger partial charge on any atom is -0.341 e. The van der Waals surface area contributed by atoms with E-state index in [1.807, 2.05) is 24.4 Å². The number of benzene rings is 1. The third-order valence-corrected chi connectivity index (χ3v) is 5.41. The lowest BCUT2D eigenvalue weighted by Gasteiger charge is -2.31. The lowest BCUT2D eigenvalue weighted by molar-refractivity contribution is 0.599. The van der Waals surface area contributed by atoms with Crippen LogP contribution in [0.4, 0.5) is 5.95 Å². The maximum atomic E-state index is 12.3. The Morgan fingerprint density at radius 2 is 1.92 bits per heavy atom. The van der Waals surface area contributed by atoms with Gasteiger partial charge in [0.2, 0.25) is 5.95 Å². The van der Waals surface area contributed by atoms with Crippen LogP contribution in [0.1, 0.15) is 24.1 Å². The van der Waals surface area contributed by atoms with E-state index in [1.165, 1.54) is 17.7 Å². The first-order chi connectivity index (χ1) is 12.2. The van der Waals surface area contributed by atoms with Gasteiger partial charge in [0.15, 0.2) is 0 Å². The molecule has 5 rings (SSSR count). The summed E-state index contributed by atoms with van der Waals surface area (Å²) in [6.45, 7) is 2.10. The van der Waals surface area contributed by atoms with E-state index >= 15 is 0 Å². The maximum absolute atomic E-state index is 12.3. The highest BCUT2D eigenvalue weighted by atomic mass is 16.1. The predicted octanol–water partition coefficient (Wildman–Crippen LogP) is 2.69. The molecule has 0 spiro atoms. The first-order valence-electron chi connectivity index (χ1n) is 8.95. The second-order valence-electron chi connectivity index (χ2n) is 7.03. The van der Waals surface area contributed by atoms with Crippen LogP contribution in [0.15, 0.2) is 35.3 Å². The molecule has 126 valence electrons. The van der Waals surface area contributed by atoms with Gasteiger partial charge in [-0.3, -0.25) is 4.79 Å². The van der Waals surface area contributed by atoms with Crippen molar-refractivity contribution in [1.29, 1.82) is 0 Å². The van der Waals surface area contributed by atoms with E-state index in [9.17, 15) is 4.79 Å². The number of anilines is 1. The highest BCUT2D eigenvalue weighted by Gasteiger charge is 2.24. The van der Waals surface area contributed by atoms with Crippen LogP contribution >= 0.6 is 0 Å². The average Bonchev–Trinajstić information content (AvgIpc) is 3.04. The number of fused-ring (bicyclic) bond motifs is 2. The molecule has 1 aliphatic carbocycles. The normalized spacial score (nSPS) is 16.1. The van der Waals surface area contributed by atoms with Crippen LogP contribution in [0.3, 0.4) is 0 Å². The molecular formula is C20H20N4O. The Bertz CT molecular complexity index is 1050. The molecule has 0 atom stereocenters. The monoisotopic (exact) mass is 332 g/mol. The standard InChI is InChI=1S/C20H20N4O/c1-23-11-8-13-12-14(6-7-15(13)19(23)25)18-16-4-2-5-17(16)21-20(22-18)24-9-3-10-24/h6-8,11-12H,2-5,9-10H2,1H3. The molecule has 0 bridgehead atoms. The zero-order valence-electron chi connectivity index (χ0n) is 14.3. The SMILES string of the molecule is Cn1ccc2cc(-c3nc(N4CCC4)nc4c3CCC4)ccc2c1=O. The molecule has 5 nitrogen and oxygen atoms in total. The van der Waals surface area contributed by atoms with Gasteiger partial charge in [-0.15, -0.1) is 0 Å². The van der Waals surface area contributed by atoms with Crippen molar-refractivity contribution in [1.82, 2.24) is 14.5 Å². The van der Waals surface area contributed by atoms with Gasteiger partial charge in [0.25, 0.3) is 5.56 Å². The minimum absolute atomic E-state index is 0.0400. The van der Waals surface area contributed by atoms with Gasteiger partial charge >= 0.3 is 0 Å². The Morgan fingerprint density at radius 1 is 1.04 bits per heavy atom. The van der Waals surface area contributed by atoms with Gasteiger partial charge in [-0.25, -0.2) is 9.97 Å². The summed E-state index contributed by atoms with van der Waals surface area (Å²) in [6, 6.07) is 8.06. The molecule has 0 radical (unpaired) electrons. The maximum Gasteiger partial charge on any atom is 0.258 e. The Labute approximate surface area is 146 Å². The molecule has 1 aliphatic heterocycles. The largest absolute Gasteiger partial charge is 0.341 e. The van der Waals surface area contributed by atoms with E-state index in [-0.39, 0.29) is 5.56 Å². The van der Waals surface area contributed by atoms with Crippen molar-refractivity contribution in [2.75, 3.05) is 18.0 Å². The van der Waals surface area contributed by atoms with Crippen LogP contribution in [-0.4, -0.2) is 27.6 Å². The van der Waals surface area contributed by atoms with E-state index in [0.29, 0.717) is 0 Å². The smallest absolute Gasteiger partial charge is 0.258 e. The molecule has 1 saturated heterocycles. The summed E-state index contributed by atoms with van der Waals surface area (Å²) in [4.78, 5) is 24.3. The van der Waals surface area contributed by atoms with Crippen molar-refractivity contribution in [2.24, 2.45) is 7.05 Å². The van der Waals surface area contributed by atoms with Crippen molar-refractivity contribution >= 4 is 16.7 Å². The molecular weight excluding hydrogens is 312 g/mol. The van der Waals surface area contributed by atoms with Crippen molar-refractivity contribution in [2.45, 2.75) is 25.7 Å². The van der Waals surface area contributed by atoms with Crippen LogP contribution in [0.25, 0.3) is 22.0 Å². The van der Waals surface area contributed by atoms with E-state index in [2.05, 4.69) is 11.0 Å². The van der Waals surface area contributed by atoms with Gasteiger partial charge < -0.3 is 9.47 Å². The van der Waals surface area contributed by atoms with Crippen molar-refractivity contribution in [3.63, 3.8) is 0 Å². The molecule has 5 heteroatoms. The number of hydrogen-bond donors (Lipinski definition) is 0. The van der Waals surface area contributed by atoms with Crippen LogP contribution in [-0.2, 0) is 19.9 Å². The molecule has 1 fully saturated rings. The first kappa shape index (κ1) is 14.6. The molecule has 3 aromatic rings. The number of aromatic nitrogens is 3. The third kappa shape index (κ3) is 2.26. The quantitative estimate of drug-likeness (QED) is 0.724. The van der Waals surface area contributed by atoms with E-state index in [0.717, 1.165) is 60.3 Å². The van der Waals surface area contributed by atoms with Gasteiger partial charge in [-0.2, -0.15) is 0 Å². The first-order valence-corrected chi connectivity index (χ1v) is 8.95. The summed E-state index contributed by atoms with van der Waals surface area (Å²) in [5, 5.41) is 1.72. The van der Waals surface area contributed by atoms with Crippen LogP contribution in [0, 0.1) is 0 Å². The van der Waals surface area contributed by atoms with Gasteiger partial charge in [0.1, 0.15) is 0 Å². The Balaban J connectivity index is 1.70. The number of pyridine rings is 1. The summed E-state index contributed by atoms with van der Waals surface area (Å²) < 4.78 is 1.62. The molecule has 1 aromatic carbocycles. The number of hydrogen-bond acceptors (Lipinski definition) is 4. The van der Waals surface area contributed by atoms with E-state index < -0.39 is 0 Å². The second-order valence-corrected chi connectivity index (χ2v) is 7.03. The van der Waals surface area contributed by atoms with Crippen LogP contribution in [0.5, 0.6) is 0 Å². The van der Waals surface area contributed by atoms with Gasteiger partial charge in [0, 0.05) is 48.5 Å². The molecule has 0 saturated carbocycles. The topological polar surface area (TPSA) is 51.0 Å². The minimum atomic E-state index is 0.0400. The number of aryl methyl sites for hydroxylation is 2. The lowest BCUT2D eigenvalue weighted by atomic mass is 10.0. The summed E-state index contributed by atoms with van der Waals surface area (Å²) in [5.41, 5.74) is 4.66. The molecule has 0 amide bonds. The fraction of sp³-hybridized carbons (Fsp3) is 0.350. The fourth-order valence-corrected chi connectivity index (χ4v) is 3.81. The zero-order valence-corrected chi connectivity index (χ0v) is 14.3. The van der Waals surface area contributed by atoms with Crippen molar-refractivity contribution in [3.05, 3.63) is 52.1 Å². The summed E-state index contributed by atoms with van der Waals surface area (Å²) >= 11 is 0. The highest BCUT2D eigenvalue weighted by Crippen LogP contribution is 2.33.